The summed E-state index contributed by atoms with van der Waals surface area (Å²) >= 11 is 1.43. The molecule has 0 atom stereocenters. The Morgan fingerprint density at radius 3 is 2.81 bits per heavy atom. The number of ketones is 1. The van der Waals surface area contributed by atoms with Crippen molar-refractivity contribution < 1.29 is 4.79 Å². The zero-order chi connectivity index (χ0) is 18.8. The molecule has 0 amide bonds. The molecule has 3 aromatic rings. The van der Waals surface area contributed by atoms with Crippen molar-refractivity contribution in [1.82, 2.24) is 14.5 Å². The number of carbonyl (C=O) groups excluding carboxylic acids is 1. The molecule has 5 nitrogen and oxygen atoms in total. The maximum atomic E-state index is 12.5. The molecule has 2 aromatic heterocycles. The lowest BCUT2D eigenvalue weighted by molar-refractivity contribution is 0.102. The standard InChI is InChI=1S/C21H20N4OS/c1-14-6-8-15(9-7-14)18(26)12-27-21-20-19(23-13-24-21)16(11-22)17-5-3-2-4-10-25(17)20/h6-9,13H,2-5,10,12H2,1H3. The van der Waals surface area contributed by atoms with Gasteiger partial charge in [-0.2, -0.15) is 5.26 Å². The van der Waals surface area contributed by atoms with Gasteiger partial charge in [0, 0.05) is 17.8 Å². The van der Waals surface area contributed by atoms with Crippen LogP contribution < -0.4 is 0 Å². The van der Waals surface area contributed by atoms with Gasteiger partial charge in [-0.25, -0.2) is 9.97 Å². The molecule has 4 rings (SSSR count). The van der Waals surface area contributed by atoms with E-state index < -0.39 is 0 Å². The molecule has 0 radical (unpaired) electrons. The molecule has 1 aromatic carbocycles. The second kappa shape index (κ2) is 7.53. The summed E-state index contributed by atoms with van der Waals surface area (Å²) < 4.78 is 2.21. The van der Waals surface area contributed by atoms with Crippen LogP contribution in [-0.2, 0) is 13.0 Å². The first-order valence-corrected chi connectivity index (χ1v) is 10.2. The van der Waals surface area contributed by atoms with Crippen LogP contribution in [0.25, 0.3) is 11.0 Å². The summed E-state index contributed by atoms with van der Waals surface area (Å²) in [5.41, 5.74) is 5.21. The molecule has 0 fully saturated rings. The Kier molecular flexibility index (Phi) is 4.95. The largest absolute Gasteiger partial charge is 0.340 e. The molecular formula is C21H20N4OS. The highest BCUT2D eigenvalue weighted by molar-refractivity contribution is 8.00. The highest BCUT2D eigenvalue weighted by Gasteiger charge is 2.23. The first-order chi connectivity index (χ1) is 13.2. The van der Waals surface area contributed by atoms with E-state index in [-0.39, 0.29) is 5.78 Å². The SMILES string of the molecule is Cc1ccc(C(=O)CSc2ncnc3c(C#N)c4n(c23)CCCCC4)cc1. The van der Waals surface area contributed by atoms with E-state index >= 15 is 0 Å². The second-order valence-corrected chi connectivity index (χ2v) is 7.81. The number of hydrogen-bond acceptors (Lipinski definition) is 5. The van der Waals surface area contributed by atoms with E-state index in [9.17, 15) is 10.1 Å². The molecular weight excluding hydrogens is 356 g/mol. The van der Waals surface area contributed by atoms with Gasteiger partial charge in [-0.3, -0.25) is 4.79 Å². The van der Waals surface area contributed by atoms with Crippen LogP contribution in [0.1, 0.15) is 46.4 Å². The average molecular weight is 376 g/mol. The predicted molar refractivity (Wildman–Crippen MR) is 106 cm³/mol. The van der Waals surface area contributed by atoms with Crippen LogP contribution in [0.3, 0.4) is 0 Å². The number of thioether (sulfide) groups is 1. The molecule has 1 aliphatic heterocycles. The van der Waals surface area contributed by atoms with Crippen molar-refractivity contribution >= 4 is 28.6 Å². The lowest BCUT2D eigenvalue weighted by Gasteiger charge is -2.09. The van der Waals surface area contributed by atoms with Gasteiger partial charge in [0.1, 0.15) is 28.5 Å². The van der Waals surface area contributed by atoms with Gasteiger partial charge in [-0.05, 0) is 26.2 Å². The highest BCUT2D eigenvalue weighted by Crippen LogP contribution is 2.33. The second-order valence-electron chi connectivity index (χ2n) is 6.85. The predicted octanol–water partition coefficient (Wildman–Crippen LogP) is 4.31. The third-order valence-corrected chi connectivity index (χ3v) is 6.01. The van der Waals surface area contributed by atoms with E-state index in [1.165, 1.54) is 18.1 Å². The van der Waals surface area contributed by atoms with Crippen molar-refractivity contribution in [2.24, 2.45) is 0 Å². The average Bonchev–Trinajstić information content (AvgIpc) is 2.82. The van der Waals surface area contributed by atoms with Crippen LogP contribution in [0.4, 0.5) is 0 Å². The molecule has 0 aliphatic carbocycles. The zero-order valence-electron chi connectivity index (χ0n) is 15.2. The smallest absolute Gasteiger partial charge is 0.173 e. The Labute approximate surface area is 162 Å². The summed E-state index contributed by atoms with van der Waals surface area (Å²) in [6, 6.07) is 9.98. The van der Waals surface area contributed by atoms with E-state index in [4.69, 9.17) is 0 Å². The molecule has 0 saturated carbocycles. The molecule has 0 bridgehead atoms. The van der Waals surface area contributed by atoms with Crippen LogP contribution in [-0.4, -0.2) is 26.1 Å². The normalized spacial score (nSPS) is 13.8. The van der Waals surface area contributed by atoms with Crippen LogP contribution in [0.15, 0.2) is 35.6 Å². The number of hydrogen-bond donors (Lipinski definition) is 0. The topological polar surface area (TPSA) is 71.6 Å². The molecule has 3 heterocycles. The summed E-state index contributed by atoms with van der Waals surface area (Å²) in [4.78, 5) is 21.4. The molecule has 27 heavy (non-hydrogen) atoms. The monoisotopic (exact) mass is 376 g/mol. The molecule has 0 saturated heterocycles. The van der Waals surface area contributed by atoms with Gasteiger partial charge in [-0.15, -0.1) is 0 Å². The van der Waals surface area contributed by atoms with Crippen molar-refractivity contribution in [3.63, 3.8) is 0 Å². The van der Waals surface area contributed by atoms with Gasteiger partial charge in [0.05, 0.1) is 11.3 Å². The van der Waals surface area contributed by atoms with E-state index in [0.29, 0.717) is 16.9 Å². The van der Waals surface area contributed by atoms with Gasteiger partial charge in [0.2, 0.25) is 0 Å². The number of nitriles is 1. The lowest BCUT2D eigenvalue weighted by atomic mass is 10.1. The third-order valence-electron chi connectivity index (χ3n) is 5.03. The maximum Gasteiger partial charge on any atom is 0.173 e. The first-order valence-electron chi connectivity index (χ1n) is 9.18. The molecule has 0 N–H and O–H groups in total. The molecule has 0 unspecified atom stereocenters. The number of nitrogens with zero attached hydrogens (tertiary/aromatic N) is 4. The zero-order valence-corrected chi connectivity index (χ0v) is 16.1. The Morgan fingerprint density at radius 1 is 1.22 bits per heavy atom. The van der Waals surface area contributed by atoms with Crippen molar-refractivity contribution in [2.75, 3.05) is 5.75 Å². The molecule has 6 heteroatoms. The van der Waals surface area contributed by atoms with E-state index in [1.54, 1.807) is 0 Å². The van der Waals surface area contributed by atoms with Crippen molar-refractivity contribution in [1.29, 1.82) is 5.26 Å². The fourth-order valence-corrected chi connectivity index (χ4v) is 4.52. The van der Waals surface area contributed by atoms with Gasteiger partial charge in [0.15, 0.2) is 5.78 Å². The minimum atomic E-state index is 0.0786. The quantitative estimate of drug-likeness (QED) is 0.385. The fraction of sp³-hybridized carbons (Fsp3) is 0.333. The van der Waals surface area contributed by atoms with Gasteiger partial charge in [-0.1, -0.05) is 48.0 Å². The Balaban J connectivity index is 1.68. The minimum absolute atomic E-state index is 0.0786. The highest BCUT2D eigenvalue weighted by atomic mass is 32.2. The first kappa shape index (κ1) is 17.7. The van der Waals surface area contributed by atoms with Crippen LogP contribution in [0, 0.1) is 18.3 Å². The number of rotatable bonds is 4. The van der Waals surface area contributed by atoms with Gasteiger partial charge >= 0.3 is 0 Å². The molecule has 1 aliphatic rings. The summed E-state index contributed by atoms with van der Waals surface area (Å²) in [6.45, 7) is 2.88. The summed E-state index contributed by atoms with van der Waals surface area (Å²) in [5.74, 6) is 0.396. The molecule has 0 spiro atoms. The maximum absolute atomic E-state index is 12.5. The van der Waals surface area contributed by atoms with Crippen molar-refractivity contribution in [3.8, 4) is 6.07 Å². The summed E-state index contributed by atoms with van der Waals surface area (Å²) in [5, 5.41) is 10.5. The van der Waals surface area contributed by atoms with E-state index in [0.717, 1.165) is 59.5 Å². The van der Waals surface area contributed by atoms with Gasteiger partial charge in [0.25, 0.3) is 0 Å². The fourth-order valence-electron chi connectivity index (χ4n) is 3.62. The number of Topliss-reactive ketones (excluding diaryl/α,β-unsaturated/α-hetero) is 1. The Bertz CT molecular complexity index is 1050. The van der Waals surface area contributed by atoms with Crippen LogP contribution in [0.2, 0.25) is 0 Å². The summed E-state index contributed by atoms with van der Waals surface area (Å²) in [6.07, 6.45) is 5.74. The van der Waals surface area contributed by atoms with Crippen molar-refractivity contribution in [2.45, 2.75) is 44.2 Å². The number of aryl methyl sites for hydroxylation is 2. The van der Waals surface area contributed by atoms with Crippen molar-refractivity contribution in [3.05, 3.63) is 53.0 Å². The number of fused-ring (bicyclic) bond motifs is 3. The van der Waals surface area contributed by atoms with E-state index in [2.05, 4.69) is 20.6 Å². The van der Waals surface area contributed by atoms with Crippen LogP contribution in [0.5, 0.6) is 0 Å². The Hall–Kier alpha value is -2.65. The lowest BCUT2D eigenvalue weighted by Crippen LogP contribution is -2.05. The number of benzene rings is 1. The Morgan fingerprint density at radius 2 is 2.04 bits per heavy atom. The van der Waals surface area contributed by atoms with Gasteiger partial charge < -0.3 is 4.57 Å². The van der Waals surface area contributed by atoms with E-state index in [1.807, 2.05) is 31.2 Å². The number of carbonyl (C=O) groups is 1. The molecule has 136 valence electrons. The van der Waals surface area contributed by atoms with Crippen LogP contribution >= 0.6 is 11.8 Å². The summed E-state index contributed by atoms with van der Waals surface area (Å²) in [7, 11) is 0. The number of aromatic nitrogens is 3. The third kappa shape index (κ3) is 3.35. The minimum Gasteiger partial charge on any atom is -0.340 e.